The molecule has 3 aromatic heterocycles. The van der Waals surface area contributed by atoms with Crippen molar-refractivity contribution >= 4 is 50.9 Å². The predicted octanol–water partition coefficient (Wildman–Crippen LogP) is 5.90. The zero-order chi connectivity index (χ0) is 31.6. The van der Waals surface area contributed by atoms with Gasteiger partial charge in [-0.3, -0.25) is 9.78 Å². The third-order valence-electron chi connectivity index (χ3n) is 5.91. The average Bonchev–Trinajstić information content (AvgIpc) is 3.40. The first-order chi connectivity index (χ1) is 20.5. The van der Waals surface area contributed by atoms with Crippen molar-refractivity contribution in [1.29, 1.82) is 0 Å². The summed E-state index contributed by atoms with van der Waals surface area (Å²) in [5.74, 6) is -0.781. The van der Waals surface area contributed by atoms with E-state index in [0.717, 1.165) is 5.01 Å². The lowest BCUT2D eigenvalue weighted by atomic mass is 10.1. The van der Waals surface area contributed by atoms with Crippen LogP contribution in [0.5, 0.6) is 0 Å². The minimum absolute atomic E-state index is 0.126. The van der Waals surface area contributed by atoms with Crippen molar-refractivity contribution in [3.05, 3.63) is 65.4 Å². The van der Waals surface area contributed by atoms with Crippen LogP contribution in [0.1, 0.15) is 52.2 Å². The van der Waals surface area contributed by atoms with Crippen LogP contribution in [-0.2, 0) is 22.5 Å². The molecule has 1 unspecified atom stereocenters. The fraction of sp³-hybridized carbons (Fsp3) is 0.400. The molecule has 0 bridgehead atoms. The number of nitrogens with one attached hydrogen (secondary N) is 2. The SMILES string of the molecule is CC.CC(CN(CCc1nc2c(NCc3ncccc3F)ncnc2s1)C(=O)OC(C)(C)C)C(=O)Nc1ccccc1N. The number of anilines is 3. The van der Waals surface area contributed by atoms with E-state index in [9.17, 15) is 14.0 Å². The number of ether oxygens (including phenoxy) is 1. The third-order valence-corrected chi connectivity index (χ3v) is 6.93. The van der Waals surface area contributed by atoms with Crippen molar-refractivity contribution in [1.82, 2.24) is 24.8 Å². The first-order valence-corrected chi connectivity index (χ1v) is 14.9. The Bertz CT molecular complexity index is 1520. The molecule has 3 heterocycles. The molecule has 4 rings (SSSR count). The number of carbonyl (C=O) groups is 2. The van der Waals surface area contributed by atoms with Crippen molar-refractivity contribution in [2.24, 2.45) is 5.92 Å². The number of nitrogen functional groups attached to an aromatic ring is 1. The molecule has 0 fully saturated rings. The van der Waals surface area contributed by atoms with E-state index in [0.29, 0.717) is 34.0 Å². The lowest BCUT2D eigenvalue weighted by Crippen LogP contribution is -2.42. The molecule has 0 aliphatic heterocycles. The van der Waals surface area contributed by atoms with E-state index < -0.39 is 23.4 Å². The highest BCUT2D eigenvalue weighted by atomic mass is 32.1. The fourth-order valence-corrected chi connectivity index (χ4v) is 4.74. The summed E-state index contributed by atoms with van der Waals surface area (Å²) in [6.45, 7) is 11.6. The first-order valence-electron chi connectivity index (χ1n) is 14.1. The van der Waals surface area contributed by atoms with Gasteiger partial charge in [-0.1, -0.05) is 44.2 Å². The topological polar surface area (TPSA) is 148 Å². The molecular weight excluding hydrogens is 571 g/mol. The highest BCUT2D eigenvalue weighted by Gasteiger charge is 2.26. The van der Waals surface area contributed by atoms with Crippen LogP contribution >= 0.6 is 11.3 Å². The lowest BCUT2D eigenvalue weighted by Gasteiger charge is -2.29. The van der Waals surface area contributed by atoms with Crippen LogP contribution in [0.15, 0.2) is 48.9 Å². The van der Waals surface area contributed by atoms with Crippen molar-refractivity contribution in [3.63, 3.8) is 0 Å². The Labute approximate surface area is 255 Å². The van der Waals surface area contributed by atoms with Gasteiger partial charge in [0.1, 0.15) is 28.1 Å². The first kappa shape index (κ1) is 33.1. The molecule has 2 amide bonds. The standard InChI is InChI=1S/C28H33FN8O3S.C2H6/c1-17(25(38)35-20-10-6-5-9-19(20)30)15-37(27(39)40-28(2,3)4)13-11-22-36-23-24(33-16-34-26(23)41-22)32-14-21-18(29)8-7-12-31-21;1-2/h5-10,12,16-17H,11,13-15,30H2,1-4H3,(H,35,38)(H,32,33,34);1-2H3. The maximum atomic E-state index is 14.0. The summed E-state index contributed by atoms with van der Waals surface area (Å²) in [7, 11) is 0. The number of halogens is 1. The Morgan fingerprint density at radius 1 is 1.12 bits per heavy atom. The Balaban J connectivity index is 0.00000248. The van der Waals surface area contributed by atoms with Crippen LogP contribution in [0, 0.1) is 11.7 Å². The van der Waals surface area contributed by atoms with Gasteiger partial charge in [0.15, 0.2) is 5.82 Å². The molecule has 1 aromatic carbocycles. The zero-order valence-corrected chi connectivity index (χ0v) is 26.2. The second-order valence-electron chi connectivity index (χ2n) is 10.4. The molecule has 4 aromatic rings. The zero-order valence-electron chi connectivity index (χ0n) is 25.3. The van der Waals surface area contributed by atoms with Gasteiger partial charge < -0.3 is 26.0 Å². The molecule has 13 heteroatoms. The monoisotopic (exact) mass is 610 g/mol. The molecule has 0 aliphatic carbocycles. The molecule has 1 atom stereocenters. The molecule has 230 valence electrons. The number of pyridine rings is 1. The molecule has 0 radical (unpaired) electrons. The quantitative estimate of drug-likeness (QED) is 0.187. The van der Waals surface area contributed by atoms with Crippen LogP contribution in [0.25, 0.3) is 10.3 Å². The molecule has 4 N–H and O–H groups in total. The summed E-state index contributed by atoms with van der Waals surface area (Å²) < 4.78 is 19.6. The minimum atomic E-state index is -0.710. The molecule has 0 aliphatic rings. The summed E-state index contributed by atoms with van der Waals surface area (Å²) in [6.07, 6.45) is 2.80. The molecule has 11 nitrogen and oxygen atoms in total. The fourth-order valence-electron chi connectivity index (χ4n) is 3.84. The third kappa shape index (κ3) is 9.57. The Hall–Kier alpha value is -4.39. The number of aromatic nitrogens is 4. The summed E-state index contributed by atoms with van der Waals surface area (Å²) in [5.41, 5.74) is 7.02. The van der Waals surface area contributed by atoms with E-state index in [1.54, 1.807) is 52.0 Å². The number of para-hydroxylation sites is 2. The van der Waals surface area contributed by atoms with Gasteiger partial charge in [0.2, 0.25) is 5.91 Å². The summed E-state index contributed by atoms with van der Waals surface area (Å²) >= 11 is 1.37. The van der Waals surface area contributed by atoms with Gasteiger partial charge in [-0.25, -0.2) is 24.1 Å². The molecule has 0 saturated heterocycles. The second-order valence-corrected chi connectivity index (χ2v) is 11.5. The maximum absolute atomic E-state index is 14.0. The predicted molar refractivity (Wildman–Crippen MR) is 168 cm³/mol. The van der Waals surface area contributed by atoms with E-state index in [4.69, 9.17) is 10.5 Å². The maximum Gasteiger partial charge on any atom is 0.410 e. The number of fused-ring (bicyclic) bond motifs is 1. The van der Waals surface area contributed by atoms with Gasteiger partial charge in [0, 0.05) is 25.7 Å². The Kier molecular flexibility index (Phi) is 11.7. The van der Waals surface area contributed by atoms with Gasteiger partial charge in [-0.2, -0.15) is 0 Å². The number of nitrogens with zero attached hydrogens (tertiary/aromatic N) is 5. The largest absolute Gasteiger partial charge is 0.444 e. The van der Waals surface area contributed by atoms with Crippen LogP contribution in [0.3, 0.4) is 0 Å². The van der Waals surface area contributed by atoms with Crippen LogP contribution in [0.2, 0.25) is 0 Å². The number of nitrogens with two attached hydrogens (primary N) is 1. The van der Waals surface area contributed by atoms with E-state index >= 15 is 0 Å². The summed E-state index contributed by atoms with van der Waals surface area (Å²) in [6, 6.07) is 9.86. The van der Waals surface area contributed by atoms with Crippen molar-refractivity contribution < 1.29 is 18.7 Å². The van der Waals surface area contributed by atoms with E-state index in [2.05, 4.69) is 30.6 Å². The van der Waals surface area contributed by atoms with E-state index in [-0.39, 0.29) is 31.2 Å². The van der Waals surface area contributed by atoms with E-state index in [1.165, 1.54) is 40.9 Å². The minimum Gasteiger partial charge on any atom is -0.444 e. The highest BCUT2D eigenvalue weighted by Crippen LogP contribution is 2.26. The Morgan fingerprint density at radius 2 is 1.86 bits per heavy atom. The Morgan fingerprint density at radius 3 is 2.56 bits per heavy atom. The van der Waals surface area contributed by atoms with Crippen LogP contribution in [0.4, 0.5) is 26.4 Å². The number of thiazole rings is 1. The van der Waals surface area contributed by atoms with Crippen molar-refractivity contribution in [3.8, 4) is 0 Å². The van der Waals surface area contributed by atoms with Gasteiger partial charge in [0.05, 0.1) is 34.5 Å². The highest BCUT2D eigenvalue weighted by molar-refractivity contribution is 7.18. The molecule has 0 spiro atoms. The van der Waals surface area contributed by atoms with Gasteiger partial charge in [-0.05, 0) is 45.0 Å². The molecule has 43 heavy (non-hydrogen) atoms. The lowest BCUT2D eigenvalue weighted by molar-refractivity contribution is -0.119. The summed E-state index contributed by atoms with van der Waals surface area (Å²) in [4.78, 5) is 45.5. The van der Waals surface area contributed by atoms with Crippen molar-refractivity contribution in [2.75, 3.05) is 29.5 Å². The smallest absolute Gasteiger partial charge is 0.410 e. The summed E-state index contributed by atoms with van der Waals surface area (Å²) in [5, 5.41) is 6.62. The molecular formula is C30H39FN8O3S. The van der Waals surface area contributed by atoms with Crippen molar-refractivity contribution in [2.45, 2.75) is 60.1 Å². The number of benzene rings is 1. The van der Waals surface area contributed by atoms with Crippen LogP contribution < -0.4 is 16.4 Å². The number of rotatable bonds is 10. The van der Waals surface area contributed by atoms with Gasteiger partial charge in [-0.15, -0.1) is 0 Å². The van der Waals surface area contributed by atoms with Gasteiger partial charge in [0.25, 0.3) is 0 Å². The average molecular weight is 611 g/mol. The van der Waals surface area contributed by atoms with Gasteiger partial charge >= 0.3 is 6.09 Å². The number of amides is 2. The number of hydrogen-bond donors (Lipinski definition) is 3. The van der Waals surface area contributed by atoms with E-state index in [1.807, 2.05) is 13.8 Å². The number of carbonyl (C=O) groups excluding carboxylic acids is 2. The van der Waals surface area contributed by atoms with Crippen LogP contribution in [-0.4, -0.2) is 55.5 Å². The second kappa shape index (κ2) is 15.2. The molecule has 0 saturated carbocycles. The normalized spacial score (nSPS) is 11.7. The number of hydrogen-bond acceptors (Lipinski definition) is 10.